The van der Waals surface area contributed by atoms with Crippen LogP contribution in [0.15, 0.2) is 54.6 Å². The topological polar surface area (TPSA) is 78.5 Å². The van der Waals surface area contributed by atoms with Crippen molar-refractivity contribution in [2.24, 2.45) is 11.8 Å². The molecule has 0 bridgehead atoms. The van der Waals surface area contributed by atoms with Crippen molar-refractivity contribution in [1.82, 2.24) is 10.2 Å². The first-order valence-corrected chi connectivity index (χ1v) is 10.9. The molecular weight excluding hydrogens is 390 g/mol. The largest absolute Gasteiger partial charge is 0.345 e. The highest BCUT2D eigenvalue weighted by atomic mass is 16.2. The number of para-hydroxylation sites is 1. The van der Waals surface area contributed by atoms with Crippen molar-refractivity contribution in [2.75, 3.05) is 18.4 Å². The molecule has 1 saturated heterocycles. The molecule has 1 fully saturated rings. The second-order valence-corrected chi connectivity index (χ2v) is 8.39. The average molecular weight is 422 g/mol. The first-order valence-electron chi connectivity index (χ1n) is 10.9. The van der Waals surface area contributed by atoms with Gasteiger partial charge in [-0.05, 0) is 37.5 Å². The fraction of sp³-hybridized carbons (Fsp3) is 0.400. The fourth-order valence-electron chi connectivity index (χ4n) is 3.85. The Hall–Kier alpha value is -3.15. The molecule has 1 heterocycles. The van der Waals surface area contributed by atoms with Gasteiger partial charge >= 0.3 is 0 Å². The highest BCUT2D eigenvalue weighted by molar-refractivity contribution is 6.04. The number of anilines is 1. The third-order valence-electron chi connectivity index (χ3n) is 5.75. The molecule has 1 aliphatic rings. The van der Waals surface area contributed by atoms with Crippen LogP contribution in [-0.4, -0.2) is 35.7 Å². The van der Waals surface area contributed by atoms with Gasteiger partial charge in [-0.15, -0.1) is 0 Å². The van der Waals surface area contributed by atoms with Crippen molar-refractivity contribution in [3.8, 4) is 0 Å². The number of piperidine rings is 1. The Morgan fingerprint density at radius 1 is 0.903 bits per heavy atom. The van der Waals surface area contributed by atoms with E-state index in [0.717, 1.165) is 5.56 Å². The number of carbonyl (C=O) groups is 3. The molecule has 2 aromatic rings. The van der Waals surface area contributed by atoms with Gasteiger partial charge in [0.15, 0.2) is 0 Å². The Bertz CT molecular complexity index is 919. The fourth-order valence-corrected chi connectivity index (χ4v) is 3.85. The number of hydrogen-bond acceptors (Lipinski definition) is 3. The third kappa shape index (κ3) is 5.72. The molecule has 0 radical (unpaired) electrons. The zero-order valence-electron chi connectivity index (χ0n) is 18.4. The van der Waals surface area contributed by atoms with Gasteiger partial charge in [0.25, 0.3) is 5.91 Å². The quantitative estimate of drug-likeness (QED) is 0.740. The van der Waals surface area contributed by atoms with Gasteiger partial charge in [0, 0.05) is 24.9 Å². The molecular formula is C25H31N3O3. The van der Waals surface area contributed by atoms with Crippen LogP contribution in [-0.2, 0) is 9.59 Å². The molecule has 0 saturated carbocycles. The molecule has 3 rings (SSSR count). The first-order chi connectivity index (χ1) is 14.9. The Labute approximate surface area is 184 Å². The minimum absolute atomic E-state index is 0.0333. The number of amides is 3. The second kappa shape index (κ2) is 10.2. The summed E-state index contributed by atoms with van der Waals surface area (Å²) < 4.78 is 0. The highest BCUT2D eigenvalue weighted by Crippen LogP contribution is 2.23. The summed E-state index contributed by atoms with van der Waals surface area (Å²) in [6, 6.07) is 16.6. The van der Waals surface area contributed by atoms with Crippen LogP contribution >= 0.6 is 0 Å². The Morgan fingerprint density at radius 2 is 1.52 bits per heavy atom. The van der Waals surface area contributed by atoms with Crippen molar-refractivity contribution in [2.45, 2.75) is 39.7 Å². The first kappa shape index (κ1) is 22.5. The lowest BCUT2D eigenvalue weighted by molar-refractivity contribution is -0.137. The van der Waals surface area contributed by atoms with Gasteiger partial charge in [-0.25, -0.2) is 0 Å². The van der Waals surface area contributed by atoms with Gasteiger partial charge in [-0.3, -0.25) is 14.4 Å². The number of rotatable bonds is 6. The molecule has 2 N–H and O–H groups in total. The normalized spacial score (nSPS) is 15.4. The van der Waals surface area contributed by atoms with Crippen LogP contribution in [0.25, 0.3) is 0 Å². The Kier molecular flexibility index (Phi) is 7.45. The summed E-state index contributed by atoms with van der Waals surface area (Å²) in [6.07, 6.45) is 1.26. The lowest BCUT2D eigenvalue weighted by Gasteiger charge is -2.32. The molecule has 0 aliphatic carbocycles. The van der Waals surface area contributed by atoms with Gasteiger partial charge in [0.2, 0.25) is 11.8 Å². The lowest BCUT2D eigenvalue weighted by atomic mass is 9.95. The van der Waals surface area contributed by atoms with Gasteiger partial charge < -0.3 is 15.5 Å². The van der Waals surface area contributed by atoms with E-state index in [1.54, 1.807) is 24.3 Å². The van der Waals surface area contributed by atoms with Gasteiger partial charge in [0.05, 0.1) is 17.3 Å². The average Bonchev–Trinajstić information content (AvgIpc) is 2.79. The summed E-state index contributed by atoms with van der Waals surface area (Å²) in [5.41, 5.74) is 1.96. The molecule has 31 heavy (non-hydrogen) atoms. The molecule has 1 unspecified atom stereocenters. The number of benzene rings is 2. The Balaban J connectivity index is 1.62. The van der Waals surface area contributed by atoms with E-state index in [1.165, 1.54) is 0 Å². The molecule has 1 atom stereocenters. The smallest absolute Gasteiger partial charge is 0.253 e. The highest BCUT2D eigenvalue weighted by Gasteiger charge is 2.28. The molecule has 164 valence electrons. The summed E-state index contributed by atoms with van der Waals surface area (Å²) >= 11 is 0. The van der Waals surface area contributed by atoms with E-state index in [1.807, 2.05) is 56.0 Å². The second-order valence-electron chi connectivity index (χ2n) is 8.39. The molecule has 2 aromatic carbocycles. The van der Waals surface area contributed by atoms with Gasteiger partial charge in [-0.2, -0.15) is 0 Å². The minimum atomic E-state index is -0.232. The van der Waals surface area contributed by atoms with E-state index in [9.17, 15) is 14.4 Å². The predicted molar refractivity (Wildman–Crippen MR) is 122 cm³/mol. The summed E-state index contributed by atoms with van der Waals surface area (Å²) in [4.78, 5) is 39.7. The summed E-state index contributed by atoms with van der Waals surface area (Å²) in [6.45, 7) is 6.89. The maximum Gasteiger partial charge on any atom is 0.253 e. The number of likely N-dealkylation sites (tertiary alicyclic amines) is 1. The van der Waals surface area contributed by atoms with Crippen molar-refractivity contribution in [1.29, 1.82) is 0 Å². The SMILES string of the molecule is CC(C)C(=O)N1CCC(C(=O)Nc2ccccc2C(=O)NC(C)c2ccccc2)CC1. The minimum Gasteiger partial charge on any atom is -0.345 e. The van der Waals surface area contributed by atoms with Crippen molar-refractivity contribution in [3.63, 3.8) is 0 Å². The summed E-state index contributed by atoms with van der Waals surface area (Å²) in [7, 11) is 0. The molecule has 0 spiro atoms. The van der Waals surface area contributed by atoms with Crippen molar-refractivity contribution >= 4 is 23.4 Å². The van der Waals surface area contributed by atoms with E-state index < -0.39 is 0 Å². The monoisotopic (exact) mass is 421 g/mol. The maximum atomic E-state index is 12.9. The van der Waals surface area contributed by atoms with Crippen LogP contribution in [0.2, 0.25) is 0 Å². The van der Waals surface area contributed by atoms with E-state index in [0.29, 0.717) is 37.2 Å². The standard InChI is InChI=1S/C25H31N3O3/c1-17(2)25(31)28-15-13-20(14-16-28)23(29)27-22-12-8-7-11-21(22)24(30)26-18(3)19-9-5-4-6-10-19/h4-12,17-18,20H,13-16H2,1-3H3,(H,26,30)(H,27,29). The van der Waals surface area contributed by atoms with E-state index in [2.05, 4.69) is 10.6 Å². The lowest BCUT2D eigenvalue weighted by Crippen LogP contribution is -2.43. The van der Waals surface area contributed by atoms with Crippen molar-refractivity contribution < 1.29 is 14.4 Å². The molecule has 0 aromatic heterocycles. The number of hydrogen-bond donors (Lipinski definition) is 2. The molecule has 6 heteroatoms. The van der Waals surface area contributed by atoms with Crippen LogP contribution in [0.5, 0.6) is 0 Å². The summed E-state index contributed by atoms with van der Waals surface area (Å²) in [5, 5.41) is 5.94. The molecule has 3 amide bonds. The van der Waals surface area contributed by atoms with Crippen molar-refractivity contribution in [3.05, 3.63) is 65.7 Å². The van der Waals surface area contributed by atoms with Crippen LogP contribution in [0, 0.1) is 11.8 Å². The maximum absolute atomic E-state index is 12.9. The van der Waals surface area contributed by atoms with Crippen LogP contribution < -0.4 is 10.6 Å². The summed E-state index contributed by atoms with van der Waals surface area (Å²) in [5.74, 6) is -0.407. The Morgan fingerprint density at radius 3 is 2.16 bits per heavy atom. The molecule has 6 nitrogen and oxygen atoms in total. The third-order valence-corrected chi connectivity index (χ3v) is 5.75. The number of carbonyl (C=O) groups excluding carboxylic acids is 3. The van der Waals surface area contributed by atoms with Crippen LogP contribution in [0.4, 0.5) is 5.69 Å². The van der Waals surface area contributed by atoms with Gasteiger partial charge in [-0.1, -0.05) is 56.3 Å². The van der Waals surface area contributed by atoms with Crippen LogP contribution in [0.1, 0.15) is 55.6 Å². The van der Waals surface area contributed by atoms with Crippen LogP contribution in [0.3, 0.4) is 0 Å². The van der Waals surface area contributed by atoms with E-state index in [4.69, 9.17) is 0 Å². The number of nitrogens with one attached hydrogen (secondary N) is 2. The van der Waals surface area contributed by atoms with E-state index >= 15 is 0 Å². The molecule has 1 aliphatic heterocycles. The number of nitrogens with zero attached hydrogens (tertiary/aromatic N) is 1. The zero-order valence-corrected chi connectivity index (χ0v) is 18.4. The predicted octanol–water partition coefficient (Wildman–Crippen LogP) is 4.01. The van der Waals surface area contributed by atoms with Gasteiger partial charge in [0.1, 0.15) is 0 Å². The van der Waals surface area contributed by atoms with E-state index in [-0.39, 0.29) is 35.6 Å². The zero-order chi connectivity index (χ0) is 22.4.